The van der Waals surface area contributed by atoms with Gasteiger partial charge in [-0.1, -0.05) is 12.8 Å². The summed E-state index contributed by atoms with van der Waals surface area (Å²) in [6.07, 6.45) is 5.50. The van der Waals surface area contributed by atoms with E-state index in [1.807, 2.05) is 7.05 Å². The number of rotatable bonds is 2. The molecule has 64 valence electrons. The van der Waals surface area contributed by atoms with Crippen molar-refractivity contribution < 1.29 is 4.79 Å². The predicted octanol–water partition coefficient (Wildman–Crippen LogP) is 1.36. The molecule has 1 unspecified atom stereocenters. The zero-order chi connectivity index (χ0) is 8.10. The average molecular weight is 155 g/mol. The van der Waals surface area contributed by atoms with Gasteiger partial charge in [0.1, 0.15) is 5.78 Å². The number of hydrogen-bond donors (Lipinski definition) is 1. The third kappa shape index (κ3) is 2.62. The zero-order valence-corrected chi connectivity index (χ0v) is 7.23. The molecule has 1 atom stereocenters. The summed E-state index contributed by atoms with van der Waals surface area (Å²) in [6, 6.07) is 0. The largest absolute Gasteiger partial charge is 0.319 e. The van der Waals surface area contributed by atoms with Gasteiger partial charge in [0.2, 0.25) is 0 Å². The fraction of sp³-hybridized carbons (Fsp3) is 0.889. The minimum absolute atomic E-state index is 0.308. The molecule has 1 aliphatic carbocycles. The van der Waals surface area contributed by atoms with E-state index in [2.05, 4.69) is 5.32 Å². The Labute approximate surface area is 68.4 Å². The standard InChI is InChI=1S/C9H17NO/c1-10-7-8-5-3-2-4-6-9(8)11/h8,10H,2-7H2,1H3. The second-order valence-electron chi connectivity index (χ2n) is 3.32. The van der Waals surface area contributed by atoms with Crippen LogP contribution in [0.2, 0.25) is 0 Å². The van der Waals surface area contributed by atoms with E-state index in [-0.39, 0.29) is 0 Å². The van der Waals surface area contributed by atoms with Crippen LogP contribution in [-0.2, 0) is 4.79 Å². The first kappa shape index (κ1) is 8.72. The lowest BCUT2D eigenvalue weighted by Crippen LogP contribution is -2.25. The monoisotopic (exact) mass is 155 g/mol. The second kappa shape index (κ2) is 4.50. The summed E-state index contributed by atoms with van der Waals surface area (Å²) in [4.78, 5) is 11.4. The third-order valence-corrected chi connectivity index (χ3v) is 2.38. The topological polar surface area (TPSA) is 29.1 Å². The molecule has 0 radical (unpaired) electrons. The molecule has 0 spiro atoms. The number of carbonyl (C=O) groups excluding carboxylic acids is 1. The van der Waals surface area contributed by atoms with E-state index in [9.17, 15) is 4.79 Å². The Morgan fingerprint density at radius 3 is 3.00 bits per heavy atom. The van der Waals surface area contributed by atoms with Gasteiger partial charge in [0.05, 0.1) is 0 Å². The highest BCUT2D eigenvalue weighted by molar-refractivity contribution is 5.81. The molecule has 0 amide bonds. The van der Waals surface area contributed by atoms with E-state index in [1.54, 1.807) is 0 Å². The molecule has 1 aliphatic rings. The van der Waals surface area contributed by atoms with Gasteiger partial charge < -0.3 is 5.32 Å². The van der Waals surface area contributed by atoms with Crippen LogP contribution in [-0.4, -0.2) is 19.4 Å². The Bertz CT molecular complexity index is 134. The molecule has 1 fully saturated rings. The molecule has 0 saturated heterocycles. The van der Waals surface area contributed by atoms with Crippen LogP contribution in [0, 0.1) is 5.92 Å². The van der Waals surface area contributed by atoms with E-state index in [0.717, 1.165) is 25.8 Å². The summed E-state index contributed by atoms with van der Waals surface area (Å²) < 4.78 is 0. The van der Waals surface area contributed by atoms with Gasteiger partial charge in [0.15, 0.2) is 0 Å². The smallest absolute Gasteiger partial charge is 0.137 e. The predicted molar refractivity (Wildman–Crippen MR) is 45.5 cm³/mol. The van der Waals surface area contributed by atoms with Crippen molar-refractivity contribution in [3.8, 4) is 0 Å². The van der Waals surface area contributed by atoms with E-state index in [1.165, 1.54) is 12.8 Å². The summed E-state index contributed by atoms with van der Waals surface area (Å²) in [5, 5.41) is 3.07. The Balaban J connectivity index is 2.39. The lowest BCUT2D eigenvalue weighted by Gasteiger charge is -2.10. The summed E-state index contributed by atoms with van der Waals surface area (Å²) in [5.41, 5.74) is 0. The van der Waals surface area contributed by atoms with Crippen molar-refractivity contribution >= 4 is 5.78 Å². The highest BCUT2D eigenvalue weighted by Gasteiger charge is 2.19. The van der Waals surface area contributed by atoms with E-state index >= 15 is 0 Å². The van der Waals surface area contributed by atoms with Crippen LogP contribution in [0.4, 0.5) is 0 Å². The summed E-state index contributed by atoms with van der Waals surface area (Å²) in [5.74, 6) is 0.777. The van der Waals surface area contributed by atoms with Crippen LogP contribution in [0.15, 0.2) is 0 Å². The van der Waals surface area contributed by atoms with Crippen LogP contribution in [0.25, 0.3) is 0 Å². The Morgan fingerprint density at radius 1 is 1.45 bits per heavy atom. The molecular formula is C9H17NO. The Hall–Kier alpha value is -0.370. The van der Waals surface area contributed by atoms with Crippen LogP contribution >= 0.6 is 0 Å². The maximum absolute atomic E-state index is 11.4. The zero-order valence-electron chi connectivity index (χ0n) is 7.23. The summed E-state index contributed by atoms with van der Waals surface area (Å²) >= 11 is 0. The van der Waals surface area contributed by atoms with Crippen molar-refractivity contribution in [1.82, 2.24) is 5.32 Å². The van der Waals surface area contributed by atoms with E-state index in [4.69, 9.17) is 0 Å². The molecule has 0 aliphatic heterocycles. The van der Waals surface area contributed by atoms with E-state index < -0.39 is 0 Å². The first-order valence-electron chi connectivity index (χ1n) is 4.52. The lowest BCUT2D eigenvalue weighted by atomic mass is 9.99. The molecule has 1 rings (SSSR count). The minimum Gasteiger partial charge on any atom is -0.319 e. The van der Waals surface area contributed by atoms with Gasteiger partial charge in [-0.3, -0.25) is 4.79 Å². The van der Waals surface area contributed by atoms with Crippen LogP contribution in [0.1, 0.15) is 32.1 Å². The first-order valence-corrected chi connectivity index (χ1v) is 4.52. The van der Waals surface area contributed by atoms with Gasteiger partial charge in [-0.05, 0) is 19.9 Å². The van der Waals surface area contributed by atoms with Crippen molar-refractivity contribution in [2.75, 3.05) is 13.6 Å². The second-order valence-corrected chi connectivity index (χ2v) is 3.32. The Kier molecular flexibility index (Phi) is 3.57. The SMILES string of the molecule is CNCC1CCCCCC1=O. The number of hydrogen-bond acceptors (Lipinski definition) is 2. The van der Waals surface area contributed by atoms with Crippen LogP contribution < -0.4 is 5.32 Å². The molecule has 0 aromatic rings. The van der Waals surface area contributed by atoms with Crippen molar-refractivity contribution in [2.45, 2.75) is 32.1 Å². The molecule has 1 N–H and O–H groups in total. The van der Waals surface area contributed by atoms with Gasteiger partial charge in [0.25, 0.3) is 0 Å². The van der Waals surface area contributed by atoms with Gasteiger partial charge in [-0.2, -0.15) is 0 Å². The van der Waals surface area contributed by atoms with Crippen molar-refractivity contribution in [2.24, 2.45) is 5.92 Å². The van der Waals surface area contributed by atoms with Gasteiger partial charge in [0, 0.05) is 18.9 Å². The highest BCUT2D eigenvalue weighted by Crippen LogP contribution is 2.18. The quantitative estimate of drug-likeness (QED) is 0.610. The minimum atomic E-state index is 0.308. The molecule has 0 aromatic carbocycles. The van der Waals surface area contributed by atoms with Crippen LogP contribution in [0.3, 0.4) is 0 Å². The lowest BCUT2D eigenvalue weighted by molar-refractivity contribution is -0.122. The van der Waals surface area contributed by atoms with Crippen molar-refractivity contribution in [3.05, 3.63) is 0 Å². The highest BCUT2D eigenvalue weighted by atomic mass is 16.1. The fourth-order valence-corrected chi connectivity index (χ4v) is 1.69. The summed E-state index contributed by atoms with van der Waals surface area (Å²) in [7, 11) is 1.91. The average Bonchev–Trinajstić information content (AvgIpc) is 2.18. The maximum atomic E-state index is 11.4. The van der Waals surface area contributed by atoms with Crippen molar-refractivity contribution in [1.29, 1.82) is 0 Å². The van der Waals surface area contributed by atoms with Crippen LogP contribution in [0.5, 0.6) is 0 Å². The third-order valence-electron chi connectivity index (χ3n) is 2.38. The molecule has 2 heteroatoms. The molecule has 1 saturated carbocycles. The first-order chi connectivity index (χ1) is 5.34. The number of carbonyl (C=O) groups is 1. The number of nitrogens with one attached hydrogen (secondary N) is 1. The van der Waals surface area contributed by atoms with Gasteiger partial charge in [-0.15, -0.1) is 0 Å². The molecule has 0 aromatic heterocycles. The molecule has 0 heterocycles. The molecular weight excluding hydrogens is 138 g/mol. The Morgan fingerprint density at radius 2 is 2.27 bits per heavy atom. The summed E-state index contributed by atoms with van der Waals surface area (Å²) in [6.45, 7) is 0.874. The molecule has 2 nitrogen and oxygen atoms in total. The fourth-order valence-electron chi connectivity index (χ4n) is 1.69. The normalized spacial score (nSPS) is 26.6. The van der Waals surface area contributed by atoms with Crippen molar-refractivity contribution in [3.63, 3.8) is 0 Å². The molecule has 11 heavy (non-hydrogen) atoms. The van der Waals surface area contributed by atoms with Gasteiger partial charge in [-0.25, -0.2) is 0 Å². The maximum Gasteiger partial charge on any atom is 0.137 e. The number of Topliss-reactive ketones (excluding diaryl/α,β-unsaturated/α-hetero) is 1. The molecule has 0 bridgehead atoms. The number of ketones is 1. The van der Waals surface area contributed by atoms with E-state index in [0.29, 0.717) is 11.7 Å². The van der Waals surface area contributed by atoms with Gasteiger partial charge >= 0.3 is 0 Å².